The van der Waals surface area contributed by atoms with Crippen LogP contribution in [0, 0.1) is 0 Å². The number of amides is 1. The van der Waals surface area contributed by atoms with Crippen LogP contribution in [0.1, 0.15) is 42.7 Å². The van der Waals surface area contributed by atoms with Crippen molar-refractivity contribution in [2.45, 2.75) is 44.7 Å². The average Bonchev–Trinajstić information content (AvgIpc) is 3.09. The predicted octanol–water partition coefficient (Wildman–Crippen LogP) is 2.06. The molecule has 144 valence electrons. The van der Waals surface area contributed by atoms with Crippen molar-refractivity contribution >= 4 is 23.2 Å². The van der Waals surface area contributed by atoms with E-state index in [9.17, 15) is 9.59 Å². The number of piperidine rings is 1. The van der Waals surface area contributed by atoms with Gasteiger partial charge in [0.15, 0.2) is 0 Å². The molecule has 0 saturated carbocycles. The van der Waals surface area contributed by atoms with Gasteiger partial charge in [-0.1, -0.05) is 6.92 Å². The lowest BCUT2D eigenvalue weighted by atomic mass is 9.97. The van der Waals surface area contributed by atoms with Crippen molar-refractivity contribution in [1.82, 2.24) is 14.7 Å². The summed E-state index contributed by atoms with van der Waals surface area (Å²) in [6.45, 7) is 5.25. The first-order chi connectivity index (χ1) is 12.5. The van der Waals surface area contributed by atoms with Crippen molar-refractivity contribution in [3.8, 4) is 0 Å². The zero-order valence-corrected chi connectivity index (χ0v) is 16.5. The standard InChI is InChI=1S/C19H29N3O3S/c1-3-16-15-7-11-26-17(15)6-10-22(16)18(23)12-21-8-4-14(5-9-21)20(2)13-19(24)25/h7,11,14,16H,3-6,8-10,12-13H2,1-2H3,(H,24,25). The fraction of sp³-hybridized carbons (Fsp3) is 0.684. The third kappa shape index (κ3) is 4.27. The summed E-state index contributed by atoms with van der Waals surface area (Å²) in [5, 5.41) is 11.1. The molecule has 0 radical (unpaired) electrons. The lowest BCUT2D eigenvalue weighted by molar-refractivity contribution is -0.138. The number of nitrogens with zero attached hydrogens (tertiary/aromatic N) is 3. The van der Waals surface area contributed by atoms with Crippen molar-refractivity contribution in [1.29, 1.82) is 0 Å². The van der Waals surface area contributed by atoms with E-state index in [1.54, 1.807) is 11.3 Å². The van der Waals surface area contributed by atoms with E-state index in [0.29, 0.717) is 12.6 Å². The minimum absolute atomic E-state index is 0.0819. The molecule has 1 saturated heterocycles. The van der Waals surface area contributed by atoms with E-state index in [4.69, 9.17) is 5.11 Å². The van der Waals surface area contributed by atoms with E-state index in [1.165, 1.54) is 10.4 Å². The zero-order valence-electron chi connectivity index (χ0n) is 15.7. The second kappa shape index (κ2) is 8.50. The van der Waals surface area contributed by atoms with Crippen LogP contribution in [0.15, 0.2) is 11.4 Å². The molecule has 1 N–H and O–H groups in total. The molecule has 3 heterocycles. The maximum atomic E-state index is 12.9. The van der Waals surface area contributed by atoms with E-state index in [-0.39, 0.29) is 18.5 Å². The van der Waals surface area contributed by atoms with Crippen LogP contribution < -0.4 is 0 Å². The molecule has 2 aliphatic heterocycles. The number of carbonyl (C=O) groups is 2. The number of hydrogen-bond acceptors (Lipinski definition) is 5. The summed E-state index contributed by atoms with van der Waals surface area (Å²) in [7, 11) is 1.87. The molecule has 7 heteroatoms. The van der Waals surface area contributed by atoms with Gasteiger partial charge >= 0.3 is 5.97 Å². The van der Waals surface area contributed by atoms with Crippen LogP contribution in [0.25, 0.3) is 0 Å². The molecule has 1 atom stereocenters. The molecule has 1 amide bonds. The maximum Gasteiger partial charge on any atom is 0.317 e. The molecule has 0 bridgehead atoms. The lowest BCUT2D eigenvalue weighted by Gasteiger charge is -2.39. The van der Waals surface area contributed by atoms with Gasteiger partial charge in [0.05, 0.1) is 19.1 Å². The van der Waals surface area contributed by atoms with Gasteiger partial charge in [-0.3, -0.25) is 19.4 Å². The number of thiophene rings is 1. The van der Waals surface area contributed by atoms with Crippen molar-refractivity contribution in [2.75, 3.05) is 39.8 Å². The minimum atomic E-state index is -0.784. The molecule has 1 aromatic rings. The van der Waals surface area contributed by atoms with Gasteiger partial charge in [-0.25, -0.2) is 0 Å². The van der Waals surface area contributed by atoms with Crippen molar-refractivity contribution in [3.63, 3.8) is 0 Å². The van der Waals surface area contributed by atoms with Gasteiger partial charge in [0.1, 0.15) is 0 Å². The van der Waals surface area contributed by atoms with Gasteiger partial charge in [0, 0.05) is 30.6 Å². The Labute approximate surface area is 159 Å². The fourth-order valence-corrected chi connectivity index (χ4v) is 5.21. The van der Waals surface area contributed by atoms with E-state index < -0.39 is 5.97 Å². The quantitative estimate of drug-likeness (QED) is 0.820. The van der Waals surface area contributed by atoms with Crippen molar-refractivity contribution < 1.29 is 14.7 Å². The Bertz CT molecular complexity index is 640. The highest BCUT2D eigenvalue weighted by atomic mass is 32.1. The number of likely N-dealkylation sites (tertiary alicyclic amines) is 1. The first-order valence-corrected chi connectivity index (χ1v) is 10.4. The number of rotatable bonds is 6. The van der Waals surface area contributed by atoms with Gasteiger partial charge in [0.2, 0.25) is 5.91 Å². The number of fused-ring (bicyclic) bond motifs is 1. The van der Waals surface area contributed by atoms with Gasteiger partial charge in [0.25, 0.3) is 0 Å². The molecule has 26 heavy (non-hydrogen) atoms. The highest BCUT2D eigenvalue weighted by molar-refractivity contribution is 7.10. The van der Waals surface area contributed by atoms with Crippen LogP contribution >= 0.6 is 11.3 Å². The van der Waals surface area contributed by atoms with Crippen LogP contribution in [-0.4, -0.2) is 77.5 Å². The Morgan fingerprint density at radius 1 is 1.31 bits per heavy atom. The molecule has 0 spiro atoms. The molecule has 1 unspecified atom stereocenters. The molecular formula is C19H29N3O3S. The summed E-state index contributed by atoms with van der Waals surface area (Å²) in [4.78, 5) is 31.4. The summed E-state index contributed by atoms with van der Waals surface area (Å²) in [5.74, 6) is -0.556. The number of carboxylic acids is 1. The normalized spacial score (nSPS) is 21.8. The largest absolute Gasteiger partial charge is 0.480 e. The minimum Gasteiger partial charge on any atom is -0.480 e. The first kappa shape index (κ1) is 19.3. The van der Waals surface area contributed by atoms with Gasteiger partial charge in [-0.05, 0) is 49.7 Å². The van der Waals surface area contributed by atoms with Gasteiger partial charge in [-0.15, -0.1) is 11.3 Å². The first-order valence-electron chi connectivity index (χ1n) is 9.49. The molecule has 3 rings (SSSR count). The van der Waals surface area contributed by atoms with Crippen LogP contribution in [0.2, 0.25) is 0 Å². The monoisotopic (exact) mass is 379 g/mol. The Balaban J connectivity index is 1.52. The van der Waals surface area contributed by atoms with E-state index >= 15 is 0 Å². The fourth-order valence-electron chi connectivity index (χ4n) is 4.28. The molecule has 1 aromatic heterocycles. The molecular weight excluding hydrogens is 350 g/mol. The third-order valence-corrected chi connectivity index (χ3v) is 6.72. The van der Waals surface area contributed by atoms with Crippen molar-refractivity contribution in [2.24, 2.45) is 0 Å². The lowest BCUT2D eigenvalue weighted by Crippen LogP contribution is -2.49. The second-order valence-corrected chi connectivity index (χ2v) is 8.38. The van der Waals surface area contributed by atoms with E-state index in [1.807, 2.05) is 11.9 Å². The SMILES string of the molecule is CCC1c2ccsc2CCN1C(=O)CN1CCC(N(C)CC(=O)O)CC1. The molecule has 0 aliphatic carbocycles. The number of likely N-dealkylation sites (N-methyl/N-ethyl adjacent to an activating group) is 1. The second-order valence-electron chi connectivity index (χ2n) is 7.38. The summed E-state index contributed by atoms with van der Waals surface area (Å²) in [6, 6.07) is 2.69. The van der Waals surface area contributed by atoms with Gasteiger partial charge < -0.3 is 10.0 Å². The smallest absolute Gasteiger partial charge is 0.317 e. The van der Waals surface area contributed by atoms with E-state index in [2.05, 4.69) is 28.2 Å². The van der Waals surface area contributed by atoms with Crippen molar-refractivity contribution in [3.05, 3.63) is 21.9 Å². The Morgan fingerprint density at radius 2 is 2.04 bits per heavy atom. The number of aliphatic carboxylic acids is 1. The molecule has 1 fully saturated rings. The summed E-state index contributed by atoms with van der Waals surface area (Å²) in [6.07, 6.45) is 3.76. The molecule has 0 aromatic carbocycles. The maximum absolute atomic E-state index is 12.9. The summed E-state index contributed by atoms with van der Waals surface area (Å²) in [5.41, 5.74) is 1.34. The summed E-state index contributed by atoms with van der Waals surface area (Å²) < 4.78 is 0. The number of hydrogen-bond donors (Lipinski definition) is 1. The van der Waals surface area contributed by atoms with Crippen LogP contribution in [0.4, 0.5) is 0 Å². The number of carbonyl (C=O) groups excluding carboxylic acids is 1. The summed E-state index contributed by atoms with van der Waals surface area (Å²) >= 11 is 1.81. The highest BCUT2D eigenvalue weighted by Gasteiger charge is 2.32. The third-order valence-electron chi connectivity index (χ3n) is 5.73. The number of carboxylic acid groups (broad SMARTS) is 1. The van der Waals surface area contributed by atoms with Crippen LogP contribution in [-0.2, 0) is 16.0 Å². The predicted molar refractivity (Wildman–Crippen MR) is 102 cm³/mol. The Morgan fingerprint density at radius 3 is 2.69 bits per heavy atom. The average molecular weight is 380 g/mol. The topological polar surface area (TPSA) is 64.1 Å². The molecule has 6 nitrogen and oxygen atoms in total. The van der Waals surface area contributed by atoms with Crippen LogP contribution in [0.5, 0.6) is 0 Å². The zero-order chi connectivity index (χ0) is 18.7. The van der Waals surface area contributed by atoms with E-state index in [0.717, 1.165) is 45.3 Å². The Hall–Kier alpha value is -1.44. The van der Waals surface area contributed by atoms with Gasteiger partial charge in [-0.2, -0.15) is 0 Å². The molecule has 2 aliphatic rings. The Kier molecular flexibility index (Phi) is 6.32. The highest BCUT2D eigenvalue weighted by Crippen LogP contribution is 2.35. The van der Waals surface area contributed by atoms with Crippen LogP contribution in [0.3, 0.4) is 0 Å².